The highest BCUT2D eigenvalue weighted by Gasteiger charge is 2.37. The van der Waals surface area contributed by atoms with E-state index in [0.29, 0.717) is 5.78 Å². The Morgan fingerprint density at radius 2 is 2.23 bits per heavy atom. The normalized spacial score (nSPS) is 33.6. The van der Waals surface area contributed by atoms with Crippen LogP contribution in [0.4, 0.5) is 0 Å². The van der Waals surface area contributed by atoms with Crippen LogP contribution in [0.1, 0.15) is 39.0 Å². The molecule has 1 saturated carbocycles. The van der Waals surface area contributed by atoms with E-state index in [1.807, 2.05) is 0 Å². The molecule has 0 aromatic rings. The molecule has 1 spiro atoms. The highest BCUT2D eigenvalue weighted by atomic mass is 16.1. The minimum Gasteiger partial charge on any atom is -0.299 e. The average Bonchev–Trinajstić information content (AvgIpc) is 2.11. The van der Waals surface area contributed by atoms with E-state index >= 15 is 0 Å². The molecule has 1 heteroatoms. The van der Waals surface area contributed by atoms with Gasteiger partial charge in [0.15, 0.2) is 0 Å². The van der Waals surface area contributed by atoms with Crippen molar-refractivity contribution in [3.63, 3.8) is 0 Å². The van der Waals surface area contributed by atoms with Gasteiger partial charge in [0, 0.05) is 6.42 Å². The van der Waals surface area contributed by atoms with Crippen LogP contribution in [0.25, 0.3) is 0 Å². The Labute approximate surface area is 79.5 Å². The first kappa shape index (κ1) is 8.74. The zero-order valence-electron chi connectivity index (χ0n) is 8.18. The van der Waals surface area contributed by atoms with E-state index in [4.69, 9.17) is 0 Å². The van der Waals surface area contributed by atoms with E-state index in [-0.39, 0.29) is 5.41 Å². The SMILES string of the molecule is CC1=CC2(CC=C1)CCCCC2=O. The molecule has 0 heterocycles. The number of Topliss-reactive ketones (excluding diaryl/α,β-unsaturated/α-hetero) is 1. The second-order valence-corrected chi connectivity index (χ2v) is 4.28. The summed E-state index contributed by atoms with van der Waals surface area (Å²) in [6.07, 6.45) is 11.6. The lowest BCUT2D eigenvalue weighted by Gasteiger charge is -2.34. The van der Waals surface area contributed by atoms with E-state index in [1.165, 1.54) is 12.0 Å². The molecule has 0 saturated heterocycles. The van der Waals surface area contributed by atoms with Crippen molar-refractivity contribution in [1.29, 1.82) is 0 Å². The molecule has 13 heavy (non-hydrogen) atoms. The van der Waals surface area contributed by atoms with E-state index in [2.05, 4.69) is 25.2 Å². The molecule has 0 aromatic heterocycles. The fraction of sp³-hybridized carbons (Fsp3) is 0.583. The van der Waals surface area contributed by atoms with Gasteiger partial charge in [0.2, 0.25) is 0 Å². The molecule has 0 bridgehead atoms. The quantitative estimate of drug-likeness (QED) is 0.554. The van der Waals surface area contributed by atoms with Crippen LogP contribution in [0.3, 0.4) is 0 Å². The van der Waals surface area contributed by atoms with Crippen LogP contribution >= 0.6 is 0 Å². The first-order valence-electron chi connectivity index (χ1n) is 5.12. The van der Waals surface area contributed by atoms with E-state index in [0.717, 1.165) is 25.7 Å². The van der Waals surface area contributed by atoms with Gasteiger partial charge in [-0.05, 0) is 26.2 Å². The summed E-state index contributed by atoms with van der Waals surface area (Å²) in [5.41, 5.74) is 1.15. The standard InChI is InChI=1S/C12H16O/c1-10-5-4-8-12(9-10)7-3-2-6-11(12)13/h4-5,9H,2-3,6-8H2,1H3. The Bertz CT molecular complexity index is 285. The van der Waals surface area contributed by atoms with Gasteiger partial charge in [0.25, 0.3) is 0 Å². The molecule has 0 aromatic carbocycles. The Kier molecular flexibility index (Phi) is 2.10. The van der Waals surface area contributed by atoms with Crippen LogP contribution in [0.5, 0.6) is 0 Å². The van der Waals surface area contributed by atoms with Gasteiger partial charge in [-0.1, -0.05) is 30.2 Å². The lowest BCUT2D eigenvalue weighted by Crippen LogP contribution is -2.33. The third-order valence-electron chi connectivity index (χ3n) is 3.20. The maximum absolute atomic E-state index is 11.8. The molecular formula is C12H16O. The van der Waals surface area contributed by atoms with E-state index in [1.54, 1.807) is 0 Å². The lowest BCUT2D eigenvalue weighted by atomic mass is 9.68. The number of hydrogen-bond acceptors (Lipinski definition) is 1. The molecule has 0 aliphatic heterocycles. The Morgan fingerprint density at radius 1 is 1.38 bits per heavy atom. The van der Waals surface area contributed by atoms with Gasteiger partial charge in [0.05, 0.1) is 5.41 Å². The Hall–Kier alpha value is -0.850. The van der Waals surface area contributed by atoms with Crippen LogP contribution in [-0.2, 0) is 4.79 Å². The van der Waals surface area contributed by atoms with Crippen LogP contribution < -0.4 is 0 Å². The highest BCUT2D eigenvalue weighted by Crippen LogP contribution is 2.40. The number of carbonyl (C=O) groups excluding carboxylic acids is 1. The molecule has 1 nitrogen and oxygen atoms in total. The molecule has 1 atom stereocenters. The van der Waals surface area contributed by atoms with Gasteiger partial charge >= 0.3 is 0 Å². The maximum atomic E-state index is 11.8. The fourth-order valence-electron chi connectivity index (χ4n) is 2.48. The smallest absolute Gasteiger partial charge is 0.143 e. The molecule has 0 radical (unpaired) electrons. The van der Waals surface area contributed by atoms with Gasteiger partial charge < -0.3 is 0 Å². The van der Waals surface area contributed by atoms with Crippen molar-refractivity contribution in [3.8, 4) is 0 Å². The van der Waals surface area contributed by atoms with Gasteiger partial charge in [-0.25, -0.2) is 0 Å². The predicted octanol–water partition coefficient (Wildman–Crippen LogP) is 3.02. The summed E-state index contributed by atoms with van der Waals surface area (Å²) in [4.78, 5) is 11.8. The monoisotopic (exact) mass is 176 g/mol. The molecule has 2 aliphatic carbocycles. The molecule has 0 N–H and O–H groups in total. The second kappa shape index (κ2) is 3.13. The Morgan fingerprint density at radius 3 is 2.92 bits per heavy atom. The molecular weight excluding hydrogens is 160 g/mol. The third-order valence-corrected chi connectivity index (χ3v) is 3.20. The number of rotatable bonds is 0. The van der Waals surface area contributed by atoms with Crippen molar-refractivity contribution in [3.05, 3.63) is 23.8 Å². The number of hydrogen-bond donors (Lipinski definition) is 0. The summed E-state index contributed by atoms with van der Waals surface area (Å²) in [6, 6.07) is 0. The minimum absolute atomic E-state index is 0.100. The van der Waals surface area contributed by atoms with E-state index < -0.39 is 0 Å². The van der Waals surface area contributed by atoms with Crippen molar-refractivity contribution in [2.75, 3.05) is 0 Å². The largest absolute Gasteiger partial charge is 0.299 e. The van der Waals surface area contributed by atoms with Gasteiger partial charge in [-0.15, -0.1) is 0 Å². The number of carbonyl (C=O) groups is 1. The summed E-state index contributed by atoms with van der Waals surface area (Å²) in [7, 11) is 0. The van der Waals surface area contributed by atoms with Crippen molar-refractivity contribution >= 4 is 5.78 Å². The highest BCUT2D eigenvalue weighted by molar-refractivity contribution is 5.88. The molecule has 0 amide bonds. The zero-order chi connectivity index (χ0) is 9.31. The predicted molar refractivity (Wildman–Crippen MR) is 53.4 cm³/mol. The summed E-state index contributed by atoms with van der Waals surface area (Å²) in [5, 5.41) is 0. The topological polar surface area (TPSA) is 17.1 Å². The second-order valence-electron chi connectivity index (χ2n) is 4.28. The minimum atomic E-state index is -0.100. The molecule has 70 valence electrons. The molecule has 1 unspecified atom stereocenters. The third kappa shape index (κ3) is 1.48. The van der Waals surface area contributed by atoms with Crippen molar-refractivity contribution in [2.24, 2.45) is 5.41 Å². The van der Waals surface area contributed by atoms with Crippen molar-refractivity contribution in [2.45, 2.75) is 39.0 Å². The Balaban J connectivity index is 2.28. The van der Waals surface area contributed by atoms with Crippen LogP contribution in [0.2, 0.25) is 0 Å². The molecule has 1 fully saturated rings. The summed E-state index contributed by atoms with van der Waals surface area (Å²) in [5.74, 6) is 0.461. The van der Waals surface area contributed by atoms with Crippen LogP contribution in [0, 0.1) is 5.41 Å². The van der Waals surface area contributed by atoms with Gasteiger partial charge in [-0.2, -0.15) is 0 Å². The van der Waals surface area contributed by atoms with Crippen LogP contribution in [0.15, 0.2) is 23.8 Å². The summed E-state index contributed by atoms with van der Waals surface area (Å²) >= 11 is 0. The lowest BCUT2D eigenvalue weighted by molar-refractivity contribution is -0.128. The van der Waals surface area contributed by atoms with E-state index in [9.17, 15) is 4.79 Å². The van der Waals surface area contributed by atoms with Crippen LogP contribution in [-0.4, -0.2) is 5.78 Å². The molecule has 2 aliphatic rings. The van der Waals surface area contributed by atoms with Gasteiger partial charge in [-0.3, -0.25) is 4.79 Å². The summed E-state index contributed by atoms with van der Waals surface area (Å²) < 4.78 is 0. The summed E-state index contributed by atoms with van der Waals surface area (Å²) in [6.45, 7) is 2.08. The average molecular weight is 176 g/mol. The molecule has 2 rings (SSSR count). The first-order valence-corrected chi connectivity index (χ1v) is 5.12. The fourth-order valence-corrected chi connectivity index (χ4v) is 2.48. The number of allylic oxidation sites excluding steroid dienone is 4. The first-order chi connectivity index (χ1) is 6.23. The van der Waals surface area contributed by atoms with Crippen molar-refractivity contribution in [1.82, 2.24) is 0 Å². The number of ketones is 1. The zero-order valence-corrected chi connectivity index (χ0v) is 8.18. The van der Waals surface area contributed by atoms with Crippen molar-refractivity contribution < 1.29 is 4.79 Å². The van der Waals surface area contributed by atoms with Gasteiger partial charge in [0.1, 0.15) is 5.78 Å². The maximum Gasteiger partial charge on any atom is 0.143 e.